The lowest BCUT2D eigenvalue weighted by Crippen LogP contribution is -2.11. The van der Waals surface area contributed by atoms with Gasteiger partial charge in [-0.3, -0.25) is 0 Å². The molecular formula is C34H31N3. The van der Waals surface area contributed by atoms with Crippen molar-refractivity contribution >= 4 is 34.7 Å². The van der Waals surface area contributed by atoms with Crippen LogP contribution in [0.4, 0.5) is 28.4 Å². The molecular weight excluding hydrogens is 450 g/mol. The number of hydrogen-bond acceptors (Lipinski definition) is 3. The molecule has 0 unspecified atom stereocenters. The van der Waals surface area contributed by atoms with Crippen LogP contribution in [-0.2, 0) is 0 Å². The second kappa shape index (κ2) is 11.0. The Balaban J connectivity index is 1.47. The van der Waals surface area contributed by atoms with Gasteiger partial charge in [-0.1, -0.05) is 72.3 Å². The molecule has 5 aromatic rings. The average molecular weight is 482 g/mol. The van der Waals surface area contributed by atoms with E-state index in [1.54, 1.807) is 0 Å². The highest BCUT2D eigenvalue weighted by Gasteiger charge is 2.13. The van der Waals surface area contributed by atoms with Gasteiger partial charge >= 0.3 is 0 Å². The van der Waals surface area contributed by atoms with Crippen molar-refractivity contribution in [3.05, 3.63) is 150 Å². The third-order valence-corrected chi connectivity index (χ3v) is 6.52. The molecule has 0 aliphatic carbocycles. The Bertz CT molecular complexity index is 1470. The molecule has 0 N–H and O–H groups in total. The van der Waals surface area contributed by atoms with E-state index in [4.69, 9.17) is 5.10 Å². The van der Waals surface area contributed by atoms with E-state index in [9.17, 15) is 0 Å². The largest absolute Gasteiger partial charge is 0.310 e. The van der Waals surface area contributed by atoms with Crippen LogP contribution in [0.5, 0.6) is 0 Å². The minimum Gasteiger partial charge on any atom is -0.310 e. The lowest BCUT2D eigenvalue weighted by molar-refractivity contribution is 1.09. The molecule has 0 amide bonds. The molecule has 0 heterocycles. The Kier molecular flexibility index (Phi) is 7.14. The maximum Gasteiger partial charge on any atom is 0.0652 e. The summed E-state index contributed by atoms with van der Waals surface area (Å²) in [6.45, 7) is 6.40. The van der Waals surface area contributed by atoms with E-state index < -0.39 is 0 Å². The van der Waals surface area contributed by atoms with Crippen LogP contribution in [0.25, 0.3) is 0 Å². The van der Waals surface area contributed by atoms with Crippen LogP contribution < -0.4 is 9.91 Å². The number of rotatable bonds is 7. The standard InChI is InChI=1S/C34H31N3/c1-26-14-19-33(20-15-26)37(32-12-8-5-9-13-32)35-25-29-17-22-31(23-18-29)36(30-10-6-4-7-11-30)34-21-16-27(2)28(3)24-34/h4-25H,1-3H3. The molecule has 0 radical (unpaired) electrons. The minimum atomic E-state index is 1.02. The molecule has 0 fully saturated rings. The molecule has 0 saturated heterocycles. The predicted molar refractivity (Wildman–Crippen MR) is 158 cm³/mol. The van der Waals surface area contributed by atoms with E-state index in [0.717, 1.165) is 34.0 Å². The van der Waals surface area contributed by atoms with Crippen molar-refractivity contribution in [2.24, 2.45) is 5.10 Å². The second-order valence-electron chi connectivity index (χ2n) is 9.26. The van der Waals surface area contributed by atoms with Crippen molar-refractivity contribution in [2.75, 3.05) is 9.91 Å². The fourth-order valence-corrected chi connectivity index (χ4v) is 4.26. The summed E-state index contributed by atoms with van der Waals surface area (Å²) in [6, 6.07) is 44.3. The predicted octanol–water partition coefficient (Wildman–Crippen LogP) is 9.25. The smallest absolute Gasteiger partial charge is 0.0652 e. The summed E-state index contributed by atoms with van der Waals surface area (Å²) in [5, 5.41) is 6.84. The molecule has 37 heavy (non-hydrogen) atoms. The minimum absolute atomic E-state index is 1.02. The van der Waals surface area contributed by atoms with Gasteiger partial charge in [0, 0.05) is 17.1 Å². The van der Waals surface area contributed by atoms with Gasteiger partial charge in [0.2, 0.25) is 0 Å². The van der Waals surface area contributed by atoms with Crippen molar-refractivity contribution in [3.8, 4) is 0 Å². The van der Waals surface area contributed by atoms with Crippen LogP contribution in [0, 0.1) is 20.8 Å². The number of para-hydroxylation sites is 2. The van der Waals surface area contributed by atoms with Crippen LogP contribution in [-0.4, -0.2) is 6.21 Å². The summed E-state index contributed by atoms with van der Waals surface area (Å²) in [5.74, 6) is 0. The molecule has 182 valence electrons. The molecule has 0 aliphatic rings. The number of hydrogen-bond donors (Lipinski definition) is 0. The van der Waals surface area contributed by atoms with Gasteiger partial charge in [-0.2, -0.15) is 5.10 Å². The van der Waals surface area contributed by atoms with Gasteiger partial charge in [0.05, 0.1) is 17.6 Å². The zero-order chi connectivity index (χ0) is 25.6. The summed E-state index contributed by atoms with van der Waals surface area (Å²) in [7, 11) is 0. The number of nitrogens with zero attached hydrogens (tertiary/aromatic N) is 3. The number of hydrazone groups is 1. The monoisotopic (exact) mass is 481 g/mol. The Morgan fingerprint density at radius 1 is 0.486 bits per heavy atom. The Morgan fingerprint density at radius 3 is 1.62 bits per heavy atom. The quantitative estimate of drug-likeness (QED) is 0.170. The van der Waals surface area contributed by atoms with Crippen LogP contribution in [0.2, 0.25) is 0 Å². The molecule has 0 atom stereocenters. The lowest BCUT2D eigenvalue weighted by atomic mass is 10.1. The molecule has 5 rings (SSSR count). The van der Waals surface area contributed by atoms with Gasteiger partial charge in [-0.05, 0) is 98.1 Å². The zero-order valence-electron chi connectivity index (χ0n) is 21.5. The van der Waals surface area contributed by atoms with E-state index in [1.807, 2.05) is 35.5 Å². The van der Waals surface area contributed by atoms with Gasteiger partial charge in [-0.15, -0.1) is 0 Å². The lowest BCUT2D eigenvalue weighted by Gasteiger charge is -2.26. The van der Waals surface area contributed by atoms with Gasteiger partial charge in [0.15, 0.2) is 0 Å². The summed E-state index contributed by atoms with van der Waals surface area (Å²) in [4.78, 5) is 2.29. The first-order valence-corrected chi connectivity index (χ1v) is 12.6. The third kappa shape index (κ3) is 5.62. The van der Waals surface area contributed by atoms with E-state index in [1.165, 1.54) is 16.7 Å². The molecule has 0 bridgehead atoms. The van der Waals surface area contributed by atoms with Gasteiger partial charge in [0.1, 0.15) is 0 Å². The van der Waals surface area contributed by atoms with Gasteiger partial charge < -0.3 is 4.90 Å². The molecule has 0 aliphatic heterocycles. The van der Waals surface area contributed by atoms with Gasteiger partial charge in [0.25, 0.3) is 0 Å². The fourth-order valence-electron chi connectivity index (χ4n) is 4.26. The molecule has 3 heteroatoms. The van der Waals surface area contributed by atoms with Crippen molar-refractivity contribution in [3.63, 3.8) is 0 Å². The summed E-state index contributed by atoms with van der Waals surface area (Å²) < 4.78 is 0. The third-order valence-electron chi connectivity index (χ3n) is 6.52. The zero-order valence-corrected chi connectivity index (χ0v) is 21.5. The second-order valence-corrected chi connectivity index (χ2v) is 9.26. The molecule has 0 aromatic heterocycles. The van der Waals surface area contributed by atoms with Crippen molar-refractivity contribution in [1.82, 2.24) is 0 Å². The Hall–Kier alpha value is -4.63. The number of benzene rings is 5. The van der Waals surface area contributed by atoms with E-state index in [0.29, 0.717) is 0 Å². The van der Waals surface area contributed by atoms with E-state index >= 15 is 0 Å². The van der Waals surface area contributed by atoms with Crippen LogP contribution in [0.1, 0.15) is 22.3 Å². The van der Waals surface area contributed by atoms with E-state index in [2.05, 4.69) is 129 Å². The fraction of sp³-hybridized carbons (Fsp3) is 0.0882. The van der Waals surface area contributed by atoms with Gasteiger partial charge in [-0.25, -0.2) is 5.01 Å². The first kappa shape index (κ1) is 24.1. The van der Waals surface area contributed by atoms with Crippen LogP contribution in [0.15, 0.2) is 132 Å². The molecule has 5 aromatic carbocycles. The normalized spacial score (nSPS) is 11.0. The van der Waals surface area contributed by atoms with Crippen LogP contribution in [0.3, 0.4) is 0 Å². The maximum atomic E-state index is 4.87. The maximum absolute atomic E-state index is 4.87. The van der Waals surface area contributed by atoms with Crippen molar-refractivity contribution in [2.45, 2.75) is 20.8 Å². The number of aryl methyl sites for hydroxylation is 3. The number of anilines is 5. The average Bonchev–Trinajstić information content (AvgIpc) is 2.94. The molecule has 3 nitrogen and oxygen atoms in total. The summed E-state index contributed by atoms with van der Waals surface area (Å²) >= 11 is 0. The topological polar surface area (TPSA) is 18.8 Å². The highest BCUT2D eigenvalue weighted by molar-refractivity contribution is 5.84. The van der Waals surface area contributed by atoms with Crippen molar-refractivity contribution < 1.29 is 0 Å². The highest BCUT2D eigenvalue weighted by Crippen LogP contribution is 2.35. The SMILES string of the molecule is Cc1ccc(N(N=Cc2ccc(N(c3ccccc3)c3ccc(C)c(C)c3)cc2)c2ccccc2)cc1. The van der Waals surface area contributed by atoms with Crippen LogP contribution >= 0.6 is 0 Å². The molecule has 0 spiro atoms. The summed E-state index contributed by atoms with van der Waals surface area (Å²) in [5.41, 5.74) is 10.2. The first-order valence-electron chi connectivity index (χ1n) is 12.6. The van der Waals surface area contributed by atoms with Crippen molar-refractivity contribution in [1.29, 1.82) is 0 Å². The Morgan fingerprint density at radius 2 is 1.00 bits per heavy atom. The molecule has 0 saturated carbocycles. The Labute approximate surface area is 220 Å². The van der Waals surface area contributed by atoms with E-state index in [-0.39, 0.29) is 0 Å². The summed E-state index contributed by atoms with van der Waals surface area (Å²) in [6.07, 6.45) is 1.92. The first-order chi connectivity index (χ1) is 18.1. The highest BCUT2D eigenvalue weighted by atomic mass is 15.5.